The lowest BCUT2D eigenvalue weighted by atomic mass is 10.1. The van der Waals surface area contributed by atoms with E-state index in [1.54, 1.807) is 38.5 Å². The highest BCUT2D eigenvalue weighted by Gasteiger charge is 2.13. The van der Waals surface area contributed by atoms with Crippen LogP contribution < -0.4 is 10.6 Å². The summed E-state index contributed by atoms with van der Waals surface area (Å²) >= 11 is 0. The number of aromatic nitrogens is 1. The van der Waals surface area contributed by atoms with Crippen molar-refractivity contribution in [2.75, 3.05) is 19.4 Å². The van der Waals surface area contributed by atoms with Crippen LogP contribution in [0.4, 0.5) is 10.5 Å². The molecular formula is C19H24N4O2. The topological polar surface area (TPSA) is 74.3 Å². The number of carbonyl (C=O) groups is 2. The molecule has 0 aliphatic rings. The first-order valence-electron chi connectivity index (χ1n) is 8.10. The number of pyridine rings is 1. The molecule has 1 heterocycles. The number of hydrogen-bond acceptors (Lipinski definition) is 3. The second-order valence-electron chi connectivity index (χ2n) is 6.28. The van der Waals surface area contributed by atoms with Gasteiger partial charge in [0.05, 0.1) is 6.04 Å². The Labute approximate surface area is 148 Å². The van der Waals surface area contributed by atoms with Crippen LogP contribution in [0.3, 0.4) is 0 Å². The Kier molecular flexibility index (Phi) is 5.75. The van der Waals surface area contributed by atoms with Crippen molar-refractivity contribution in [2.45, 2.75) is 26.8 Å². The normalized spacial score (nSPS) is 11.6. The van der Waals surface area contributed by atoms with Gasteiger partial charge in [0.25, 0.3) is 5.91 Å². The lowest BCUT2D eigenvalue weighted by Crippen LogP contribution is -2.31. The zero-order valence-corrected chi connectivity index (χ0v) is 15.3. The SMILES string of the molecule is Cc1ccc(C(C)NC(=O)Nc2ccc(C(=O)N(C)C)cc2C)cn1. The minimum atomic E-state index is -0.303. The second kappa shape index (κ2) is 7.79. The predicted octanol–water partition coefficient (Wildman–Crippen LogP) is 3.28. The Hall–Kier alpha value is -2.89. The zero-order valence-electron chi connectivity index (χ0n) is 15.3. The number of aryl methyl sites for hydroxylation is 2. The quantitative estimate of drug-likeness (QED) is 0.897. The van der Waals surface area contributed by atoms with Crippen LogP contribution in [0.1, 0.15) is 40.1 Å². The average Bonchev–Trinajstić information content (AvgIpc) is 2.56. The van der Waals surface area contributed by atoms with E-state index >= 15 is 0 Å². The van der Waals surface area contributed by atoms with Crippen LogP contribution in [0.15, 0.2) is 36.5 Å². The Morgan fingerprint density at radius 1 is 1.12 bits per heavy atom. The molecule has 1 atom stereocenters. The largest absolute Gasteiger partial charge is 0.345 e. The van der Waals surface area contributed by atoms with E-state index in [-0.39, 0.29) is 18.0 Å². The first kappa shape index (κ1) is 18.4. The third kappa shape index (κ3) is 4.79. The van der Waals surface area contributed by atoms with E-state index in [4.69, 9.17) is 0 Å². The van der Waals surface area contributed by atoms with Crippen LogP contribution in [0, 0.1) is 13.8 Å². The van der Waals surface area contributed by atoms with Gasteiger partial charge in [0.15, 0.2) is 0 Å². The molecule has 0 saturated carbocycles. The van der Waals surface area contributed by atoms with Crippen LogP contribution in [-0.4, -0.2) is 35.9 Å². The third-order valence-corrected chi connectivity index (χ3v) is 3.91. The fourth-order valence-corrected chi connectivity index (χ4v) is 2.37. The number of amides is 3. The maximum absolute atomic E-state index is 12.2. The molecule has 0 aliphatic carbocycles. The van der Waals surface area contributed by atoms with Gasteiger partial charge in [-0.25, -0.2) is 4.79 Å². The van der Waals surface area contributed by atoms with Crippen molar-refractivity contribution in [3.8, 4) is 0 Å². The third-order valence-electron chi connectivity index (χ3n) is 3.91. The number of carbonyl (C=O) groups excluding carboxylic acids is 2. The fourth-order valence-electron chi connectivity index (χ4n) is 2.37. The van der Waals surface area contributed by atoms with Crippen LogP contribution in [0.5, 0.6) is 0 Å². The van der Waals surface area contributed by atoms with Crippen molar-refractivity contribution in [3.63, 3.8) is 0 Å². The van der Waals surface area contributed by atoms with Crippen LogP contribution >= 0.6 is 0 Å². The summed E-state index contributed by atoms with van der Waals surface area (Å²) in [6.45, 7) is 5.68. The second-order valence-corrected chi connectivity index (χ2v) is 6.28. The molecule has 25 heavy (non-hydrogen) atoms. The summed E-state index contributed by atoms with van der Waals surface area (Å²) in [5, 5.41) is 5.70. The smallest absolute Gasteiger partial charge is 0.319 e. The molecular weight excluding hydrogens is 316 g/mol. The molecule has 2 N–H and O–H groups in total. The first-order valence-corrected chi connectivity index (χ1v) is 8.10. The van der Waals surface area contributed by atoms with Crippen molar-refractivity contribution in [1.29, 1.82) is 0 Å². The molecule has 1 aromatic carbocycles. The van der Waals surface area contributed by atoms with Crippen molar-refractivity contribution in [3.05, 3.63) is 58.9 Å². The molecule has 2 aromatic rings. The lowest BCUT2D eigenvalue weighted by Gasteiger charge is -2.16. The highest BCUT2D eigenvalue weighted by atomic mass is 16.2. The summed E-state index contributed by atoms with van der Waals surface area (Å²) in [6.07, 6.45) is 1.76. The van der Waals surface area contributed by atoms with Crippen molar-refractivity contribution >= 4 is 17.6 Å². The highest BCUT2D eigenvalue weighted by Crippen LogP contribution is 2.18. The number of nitrogens with one attached hydrogen (secondary N) is 2. The van der Waals surface area contributed by atoms with E-state index in [1.807, 2.05) is 32.9 Å². The summed E-state index contributed by atoms with van der Waals surface area (Å²) in [5.74, 6) is -0.0698. The number of hydrogen-bond donors (Lipinski definition) is 2. The van der Waals surface area contributed by atoms with E-state index in [0.29, 0.717) is 11.3 Å². The average molecular weight is 340 g/mol. The monoisotopic (exact) mass is 340 g/mol. The van der Waals surface area contributed by atoms with Gasteiger partial charge in [0.1, 0.15) is 0 Å². The molecule has 6 nitrogen and oxygen atoms in total. The molecule has 1 aromatic heterocycles. The number of benzene rings is 1. The van der Waals surface area contributed by atoms with E-state index in [1.165, 1.54) is 4.90 Å². The Morgan fingerprint density at radius 3 is 2.40 bits per heavy atom. The van der Waals surface area contributed by atoms with Crippen molar-refractivity contribution in [1.82, 2.24) is 15.2 Å². The van der Waals surface area contributed by atoms with Crippen molar-refractivity contribution in [2.24, 2.45) is 0 Å². The van der Waals surface area contributed by atoms with Gasteiger partial charge in [0.2, 0.25) is 0 Å². The first-order chi connectivity index (χ1) is 11.8. The Morgan fingerprint density at radius 2 is 1.84 bits per heavy atom. The van der Waals surface area contributed by atoms with Crippen molar-refractivity contribution < 1.29 is 9.59 Å². The number of rotatable bonds is 4. The molecule has 0 saturated heterocycles. The molecule has 6 heteroatoms. The summed E-state index contributed by atoms with van der Waals surface area (Å²) < 4.78 is 0. The molecule has 132 valence electrons. The molecule has 0 radical (unpaired) electrons. The van der Waals surface area contributed by atoms with Crippen LogP contribution in [0.25, 0.3) is 0 Å². The highest BCUT2D eigenvalue weighted by molar-refractivity contribution is 5.96. The molecule has 0 aliphatic heterocycles. The number of anilines is 1. The zero-order chi connectivity index (χ0) is 18.6. The predicted molar refractivity (Wildman–Crippen MR) is 98.7 cm³/mol. The van der Waals surface area contributed by atoms with Gasteiger partial charge in [0, 0.05) is 37.2 Å². The summed E-state index contributed by atoms with van der Waals surface area (Å²) in [4.78, 5) is 30.0. The van der Waals surface area contributed by atoms with E-state index in [0.717, 1.165) is 16.8 Å². The fraction of sp³-hybridized carbons (Fsp3) is 0.316. The minimum absolute atomic E-state index is 0.0698. The summed E-state index contributed by atoms with van der Waals surface area (Å²) in [6, 6.07) is 8.61. The lowest BCUT2D eigenvalue weighted by molar-refractivity contribution is 0.0827. The maximum Gasteiger partial charge on any atom is 0.319 e. The van der Waals surface area contributed by atoms with Gasteiger partial charge < -0.3 is 15.5 Å². The van der Waals surface area contributed by atoms with Gasteiger partial charge >= 0.3 is 6.03 Å². The van der Waals surface area contributed by atoms with E-state index in [9.17, 15) is 9.59 Å². The van der Waals surface area contributed by atoms with Gasteiger partial charge in [-0.1, -0.05) is 6.07 Å². The molecule has 0 bridgehead atoms. The van der Waals surface area contributed by atoms with Gasteiger partial charge in [-0.2, -0.15) is 0 Å². The number of nitrogens with zero attached hydrogens (tertiary/aromatic N) is 2. The maximum atomic E-state index is 12.2. The standard InChI is InChI=1S/C19H24N4O2/c1-12-10-15(18(24)23(4)5)8-9-17(12)22-19(25)21-14(3)16-7-6-13(2)20-11-16/h6-11,14H,1-5H3,(H2,21,22,25). The van der Waals surface area contributed by atoms with E-state index in [2.05, 4.69) is 15.6 Å². The molecule has 0 spiro atoms. The Bertz CT molecular complexity index is 769. The van der Waals surface area contributed by atoms with Gasteiger partial charge in [-0.15, -0.1) is 0 Å². The minimum Gasteiger partial charge on any atom is -0.345 e. The van der Waals surface area contributed by atoms with Gasteiger partial charge in [-0.05, 0) is 56.2 Å². The van der Waals surface area contributed by atoms with Gasteiger partial charge in [-0.3, -0.25) is 9.78 Å². The number of urea groups is 1. The summed E-state index contributed by atoms with van der Waals surface area (Å²) in [7, 11) is 3.41. The molecule has 2 rings (SSSR count). The molecule has 0 fully saturated rings. The van der Waals surface area contributed by atoms with E-state index < -0.39 is 0 Å². The molecule has 3 amide bonds. The van der Waals surface area contributed by atoms with Crippen LogP contribution in [0.2, 0.25) is 0 Å². The Balaban J connectivity index is 2.02. The molecule has 1 unspecified atom stereocenters. The summed E-state index contributed by atoms with van der Waals surface area (Å²) in [5.41, 5.74) is 3.95. The van der Waals surface area contributed by atoms with Crippen LogP contribution in [-0.2, 0) is 0 Å².